The zero-order valence-corrected chi connectivity index (χ0v) is 14.4. The van der Waals surface area contributed by atoms with Crippen LogP contribution in [-0.4, -0.2) is 23.5 Å². The number of hydrazine groups is 1. The van der Waals surface area contributed by atoms with Crippen molar-refractivity contribution in [2.24, 2.45) is 5.84 Å². The highest BCUT2D eigenvalue weighted by Gasteiger charge is 2.23. The van der Waals surface area contributed by atoms with Gasteiger partial charge in [-0.05, 0) is 39.7 Å². The molecule has 0 saturated carbocycles. The molecule has 0 aliphatic heterocycles. The van der Waals surface area contributed by atoms with Crippen molar-refractivity contribution in [2.45, 2.75) is 12.6 Å². The van der Waals surface area contributed by atoms with Gasteiger partial charge in [0.1, 0.15) is 0 Å². The van der Waals surface area contributed by atoms with Gasteiger partial charge in [0, 0.05) is 17.2 Å². The van der Waals surface area contributed by atoms with Crippen LogP contribution in [0.3, 0.4) is 0 Å². The van der Waals surface area contributed by atoms with E-state index in [1.54, 1.807) is 31.5 Å². The van der Waals surface area contributed by atoms with Crippen LogP contribution in [0.2, 0.25) is 10.0 Å². The molecule has 8 heteroatoms. The minimum absolute atomic E-state index is 0.343. The van der Waals surface area contributed by atoms with Crippen LogP contribution in [0, 0.1) is 0 Å². The Kier molecular flexibility index (Phi) is 6.04. The zero-order valence-electron chi connectivity index (χ0n) is 11.3. The number of benzene rings is 1. The van der Waals surface area contributed by atoms with Gasteiger partial charge in [-0.2, -0.15) is 5.10 Å². The molecule has 1 aromatic carbocycles. The number of methoxy groups -OCH3 is 1. The number of nitrogens with one attached hydrogen (secondary N) is 1. The predicted molar refractivity (Wildman–Crippen MR) is 87.4 cm³/mol. The Labute approximate surface area is 141 Å². The highest BCUT2D eigenvalue weighted by atomic mass is 79.9. The minimum atomic E-state index is -0.343. The number of ether oxygens (including phenoxy) is 1. The molecule has 0 fully saturated rings. The van der Waals surface area contributed by atoms with E-state index in [9.17, 15) is 0 Å². The van der Waals surface area contributed by atoms with E-state index < -0.39 is 0 Å². The van der Waals surface area contributed by atoms with Gasteiger partial charge >= 0.3 is 0 Å². The fourth-order valence-corrected chi connectivity index (χ4v) is 3.00. The van der Waals surface area contributed by atoms with E-state index in [-0.39, 0.29) is 6.04 Å². The lowest BCUT2D eigenvalue weighted by molar-refractivity contribution is 0.182. The molecule has 1 aromatic heterocycles. The summed E-state index contributed by atoms with van der Waals surface area (Å²) in [6, 6.07) is 4.92. The molecule has 0 aliphatic rings. The molecule has 0 bridgehead atoms. The van der Waals surface area contributed by atoms with Crippen LogP contribution in [0.4, 0.5) is 0 Å². The maximum atomic E-state index is 6.27. The third-order valence-corrected chi connectivity index (χ3v) is 4.24. The third-order valence-electron chi connectivity index (χ3n) is 3.05. The van der Waals surface area contributed by atoms with Crippen molar-refractivity contribution in [3.63, 3.8) is 0 Å². The maximum Gasteiger partial charge on any atom is 0.0904 e. The summed E-state index contributed by atoms with van der Waals surface area (Å²) in [7, 11) is 1.64. The topological polar surface area (TPSA) is 65.1 Å². The normalized spacial score (nSPS) is 12.6. The van der Waals surface area contributed by atoms with Gasteiger partial charge in [0.25, 0.3) is 0 Å². The first-order valence-corrected chi connectivity index (χ1v) is 7.74. The summed E-state index contributed by atoms with van der Waals surface area (Å²) in [6.45, 7) is 1.15. The number of rotatable bonds is 6. The number of hydrogen-bond acceptors (Lipinski definition) is 4. The van der Waals surface area contributed by atoms with Gasteiger partial charge in [-0.25, -0.2) is 5.43 Å². The van der Waals surface area contributed by atoms with Crippen LogP contribution in [0.1, 0.15) is 17.3 Å². The smallest absolute Gasteiger partial charge is 0.0904 e. The maximum absolute atomic E-state index is 6.27. The van der Waals surface area contributed by atoms with E-state index in [1.807, 2.05) is 4.68 Å². The molecule has 2 rings (SSSR count). The molecule has 1 heterocycles. The van der Waals surface area contributed by atoms with E-state index in [0.29, 0.717) is 23.2 Å². The minimum Gasteiger partial charge on any atom is -0.383 e. The summed E-state index contributed by atoms with van der Waals surface area (Å²) in [5.41, 5.74) is 4.42. The number of halogens is 3. The standard InChI is InChI=1S/C13H15BrCl2N4O/c1-21-5-4-20-13(10(14)7-18-20)12(19-17)9-6-8(15)2-3-11(9)16/h2-3,6-7,12,19H,4-5,17H2,1H3. The molecule has 0 amide bonds. The summed E-state index contributed by atoms with van der Waals surface area (Å²) >= 11 is 15.8. The van der Waals surface area contributed by atoms with E-state index in [2.05, 4.69) is 26.5 Å². The molecule has 114 valence electrons. The van der Waals surface area contributed by atoms with E-state index in [0.717, 1.165) is 15.7 Å². The van der Waals surface area contributed by atoms with Crippen molar-refractivity contribution in [1.29, 1.82) is 0 Å². The first-order chi connectivity index (χ1) is 10.1. The monoisotopic (exact) mass is 392 g/mol. The average molecular weight is 394 g/mol. The van der Waals surface area contributed by atoms with Gasteiger partial charge in [0.15, 0.2) is 0 Å². The van der Waals surface area contributed by atoms with Crippen LogP contribution in [0.5, 0.6) is 0 Å². The molecule has 2 aromatic rings. The molecule has 5 nitrogen and oxygen atoms in total. The first kappa shape index (κ1) is 16.7. The van der Waals surface area contributed by atoms with Gasteiger partial charge in [-0.3, -0.25) is 10.5 Å². The van der Waals surface area contributed by atoms with Gasteiger partial charge in [-0.15, -0.1) is 0 Å². The predicted octanol–water partition coefficient (Wildman–Crippen LogP) is 3.15. The van der Waals surface area contributed by atoms with Crippen molar-refractivity contribution in [2.75, 3.05) is 13.7 Å². The van der Waals surface area contributed by atoms with Crippen molar-refractivity contribution < 1.29 is 4.74 Å². The van der Waals surface area contributed by atoms with Gasteiger partial charge in [0.05, 0.1) is 35.6 Å². The second-order valence-electron chi connectivity index (χ2n) is 4.36. The molecule has 0 spiro atoms. The number of nitrogens with zero attached hydrogens (tertiary/aromatic N) is 2. The second kappa shape index (κ2) is 7.58. The SMILES string of the molecule is COCCn1ncc(Br)c1C(NN)c1cc(Cl)ccc1Cl. The van der Waals surface area contributed by atoms with Crippen LogP contribution in [0.25, 0.3) is 0 Å². The largest absolute Gasteiger partial charge is 0.383 e. The van der Waals surface area contributed by atoms with E-state index >= 15 is 0 Å². The fourth-order valence-electron chi connectivity index (χ4n) is 2.07. The molecular weight excluding hydrogens is 379 g/mol. The lowest BCUT2D eigenvalue weighted by Gasteiger charge is -2.20. The Morgan fingerprint density at radius 1 is 1.48 bits per heavy atom. The molecule has 3 N–H and O–H groups in total. The van der Waals surface area contributed by atoms with Crippen molar-refractivity contribution in [1.82, 2.24) is 15.2 Å². The van der Waals surface area contributed by atoms with Crippen LogP contribution >= 0.6 is 39.1 Å². The lowest BCUT2D eigenvalue weighted by Crippen LogP contribution is -2.31. The molecule has 21 heavy (non-hydrogen) atoms. The summed E-state index contributed by atoms with van der Waals surface area (Å²) in [5, 5.41) is 5.49. The van der Waals surface area contributed by atoms with Gasteiger partial charge in [-0.1, -0.05) is 23.2 Å². The van der Waals surface area contributed by atoms with Crippen molar-refractivity contribution >= 4 is 39.1 Å². The fraction of sp³-hybridized carbons (Fsp3) is 0.308. The van der Waals surface area contributed by atoms with Crippen LogP contribution in [0.15, 0.2) is 28.9 Å². The van der Waals surface area contributed by atoms with Crippen LogP contribution in [-0.2, 0) is 11.3 Å². The second-order valence-corrected chi connectivity index (χ2v) is 6.06. The Morgan fingerprint density at radius 3 is 2.90 bits per heavy atom. The number of hydrogen-bond donors (Lipinski definition) is 2. The zero-order chi connectivity index (χ0) is 15.4. The Hall–Kier alpha value is -0.630. The molecule has 0 aliphatic carbocycles. The van der Waals surface area contributed by atoms with E-state index in [1.165, 1.54) is 0 Å². The van der Waals surface area contributed by atoms with E-state index in [4.69, 9.17) is 33.8 Å². The van der Waals surface area contributed by atoms with Crippen molar-refractivity contribution in [3.8, 4) is 0 Å². The van der Waals surface area contributed by atoms with Gasteiger partial charge < -0.3 is 4.74 Å². The van der Waals surface area contributed by atoms with Crippen molar-refractivity contribution in [3.05, 3.63) is 50.2 Å². The molecule has 1 atom stereocenters. The highest BCUT2D eigenvalue weighted by molar-refractivity contribution is 9.10. The molecular formula is C13H15BrCl2N4O. The first-order valence-electron chi connectivity index (χ1n) is 6.19. The lowest BCUT2D eigenvalue weighted by atomic mass is 10.0. The molecule has 0 saturated heterocycles. The number of aromatic nitrogens is 2. The summed E-state index contributed by atoms with van der Waals surface area (Å²) in [5.74, 6) is 5.74. The Balaban J connectivity index is 2.46. The summed E-state index contributed by atoms with van der Waals surface area (Å²) < 4.78 is 7.74. The number of nitrogens with two attached hydrogens (primary N) is 1. The Bertz CT molecular complexity index is 620. The Morgan fingerprint density at radius 2 is 2.24 bits per heavy atom. The molecule has 0 radical (unpaired) electrons. The third kappa shape index (κ3) is 3.77. The molecule has 1 unspecified atom stereocenters. The average Bonchev–Trinajstić information content (AvgIpc) is 2.83. The van der Waals surface area contributed by atoms with Gasteiger partial charge in [0.2, 0.25) is 0 Å². The quantitative estimate of drug-likeness (QED) is 0.584. The highest BCUT2D eigenvalue weighted by Crippen LogP contribution is 2.33. The summed E-state index contributed by atoms with van der Waals surface area (Å²) in [4.78, 5) is 0. The van der Waals surface area contributed by atoms with Crippen LogP contribution < -0.4 is 11.3 Å². The summed E-state index contributed by atoms with van der Waals surface area (Å²) in [6.07, 6.45) is 1.72.